The van der Waals surface area contributed by atoms with Gasteiger partial charge in [-0.15, -0.1) is 0 Å². The Morgan fingerprint density at radius 3 is 3.00 bits per heavy atom. The van der Waals surface area contributed by atoms with E-state index >= 15 is 0 Å². The van der Waals surface area contributed by atoms with Gasteiger partial charge >= 0.3 is 0 Å². The number of rotatable bonds is 2. The van der Waals surface area contributed by atoms with Crippen LogP contribution in [-0.2, 0) is 6.54 Å². The average molecular weight is 242 g/mol. The zero-order valence-electron chi connectivity index (χ0n) is 6.77. The number of nitrogens with two attached hydrogens (primary N) is 1. The van der Waals surface area contributed by atoms with Gasteiger partial charge in [0, 0.05) is 11.8 Å². The van der Waals surface area contributed by atoms with Crippen molar-refractivity contribution < 1.29 is 4.42 Å². The first-order valence-electron chi connectivity index (χ1n) is 3.76. The molecule has 4 nitrogen and oxygen atoms in total. The summed E-state index contributed by atoms with van der Waals surface area (Å²) in [7, 11) is 0. The van der Waals surface area contributed by atoms with Crippen LogP contribution in [0.25, 0.3) is 0 Å². The van der Waals surface area contributed by atoms with E-state index in [2.05, 4.69) is 21.0 Å². The zero-order chi connectivity index (χ0) is 9.26. The van der Waals surface area contributed by atoms with Crippen molar-refractivity contribution >= 4 is 21.7 Å². The first-order chi connectivity index (χ1) is 6.24. The molecule has 2 aromatic rings. The zero-order valence-corrected chi connectivity index (χ0v) is 8.36. The molecule has 0 aliphatic carbocycles. The first kappa shape index (κ1) is 8.37. The van der Waals surface area contributed by atoms with Crippen LogP contribution < -0.4 is 5.73 Å². The van der Waals surface area contributed by atoms with Gasteiger partial charge in [-0.05, 0) is 28.1 Å². The van der Waals surface area contributed by atoms with Crippen LogP contribution in [0.5, 0.6) is 0 Å². The van der Waals surface area contributed by atoms with Crippen molar-refractivity contribution in [1.82, 2.24) is 9.78 Å². The minimum Gasteiger partial charge on any atom is -0.457 e. The lowest BCUT2D eigenvalue weighted by Crippen LogP contribution is -1.99. The molecule has 0 bridgehead atoms. The van der Waals surface area contributed by atoms with Gasteiger partial charge in [-0.2, -0.15) is 5.10 Å². The van der Waals surface area contributed by atoms with Crippen molar-refractivity contribution in [3.63, 3.8) is 0 Å². The number of halogens is 1. The summed E-state index contributed by atoms with van der Waals surface area (Å²) in [6.45, 7) is 0.673. The summed E-state index contributed by atoms with van der Waals surface area (Å²) in [4.78, 5) is 0. The molecule has 68 valence electrons. The van der Waals surface area contributed by atoms with Crippen LogP contribution in [0.15, 0.2) is 33.7 Å². The average Bonchev–Trinajstić information content (AvgIpc) is 2.62. The van der Waals surface area contributed by atoms with Crippen molar-refractivity contribution in [2.75, 3.05) is 5.73 Å². The van der Waals surface area contributed by atoms with Gasteiger partial charge < -0.3 is 10.2 Å². The number of anilines is 1. The summed E-state index contributed by atoms with van der Waals surface area (Å²) in [5.41, 5.74) is 6.52. The van der Waals surface area contributed by atoms with E-state index in [9.17, 15) is 0 Å². The maximum Gasteiger partial charge on any atom is 0.169 e. The minimum atomic E-state index is 0.530. The van der Waals surface area contributed by atoms with Crippen LogP contribution in [0.4, 0.5) is 5.82 Å². The van der Waals surface area contributed by atoms with Gasteiger partial charge in [0.15, 0.2) is 4.67 Å². The first-order valence-corrected chi connectivity index (χ1v) is 4.55. The second-order valence-electron chi connectivity index (χ2n) is 2.70. The summed E-state index contributed by atoms with van der Waals surface area (Å²) < 4.78 is 7.57. The van der Waals surface area contributed by atoms with Crippen LogP contribution in [0.3, 0.4) is 0 Å². The van der Waals surface area contributed by atoms with Gasteiger partial charge in [-0.3, -0.25) is 4.68 Å². The lowest BCUT2D eigenvalue weighted by atomic mass is 10.3. The van der Waals surface area contributed by atoms with Crippen molar-refractivity contribution in [2.45, 2.75) is 6.54 Å². The molecule has 0 atom stereocenters. The van der Waals surface area contributed by atoms with Crippen molar-refractivity contribution in [1.29, 1.82) is 0 Å². The Hall–Kier alpha value is -1.23. The standard InChI is InChI=1S/C8H8BrN3O/c9-7-3-6(5-13-7)4-12-2-1-8(10)11-12/h1-3,5H,4H2,(H2,10,11). The second-order valence-corrected chi connectivity index (χ2v) is 3.48. The number of furan rings is 1. The molecule has 13 heavy (non-hydrogen) atoms. The Labute approximate surface area is 83.5 Å². The van der Waals surface area contributed by atoms with E-state index in [0.717, 1.165) is 10.2 Å². The minimum absolute atomic E-state index is 0.530. The Morgan fingerprint density at radius 2 is 2.46 bits per heavy atom. The molecule has 2 rings (SSSR count). The van der Waals surface area contributed by atoms with E-state index in [4.69, 9.17) is 10.2 Å². The van der Waals surface area contributed by atoms with E-state index in [1.54, 1.807) is 17.0 Å². The lowest BCUT2D eigenvalue weighted by Gasteiger charge is -1.95. The van der Waals surface area contributed by atoms with Crippen molar-refractivity contribution in [3.05, 3.63) is 34.8 Å². The molecule has 0 aliphatic heterocycles. The molecule has 0 saturated carbocycles. The van der Waals surface area contributed by atoms with E-state index in [0.29, 0.717) is 12.4 Å². The molecule has 0 spiro atoms. The third kappa shape index (κ3) is 1.92. The summed E-state index contributed by atoms with van der Waals surface area (Å²) in [6, 6.07) is 3.66. The number of hydrogen-bond donors (Lipinski definition) is 1. The molecular weight excluding hydrogens is 234 g/mol. The summed E-state index contributed by atoms with van der Waals surface area (Å²) >= 11 is 3.23. The number of nitrogen functional groups attached to an aromatic ring is 1. The topological polar surface area (TPSA) is 57.0 Å². The number of aromatic nitrogens is 2. The molecule has 5 heteroatoms. The molecule has 0 unspecified atom stereocenters. The molecule has 2 aromatic heterocycles. The highest BCUT2D eigenvalue weighted by molar-refractivity contribution is 9.10. The number of hydrogen-bond acceptors (Lipinski definition) is 3. The molecule has 0 aromatic carbocycles. The predicted octanol–water partition coefficient (Wildman–Crippen LogP) is 1.87. The molecular formula is C8H8BrN3O. The van der Waals surface area contributed by atoms with E-state index in [1.165, 1.54) is 0 Å². The molecule has 2 heterocycles. The highest BCUT2D eigenvalue weighted by Crippen LogP contribution is 2.14. The Bertz CT molecular complexity index is 369. The van der Waals surface area contributed by atoms with Crippen molar-refractivity contribution in [2.24, 2.45) is 0 Å². The van der Waals surface area contributed by atoms with E-state index in [-0.39, 0.29) is 0 Å². The second kappa shape index (κ2) is 3.26. The molecule has 2 N–H and O–H groups in total. The van der Waals surface area contributed by atoms with Crippen LogP contribution in [0.2, 0.25) is 0 Å². The quantitative estimate of drug-likeness (QED) is 0.874. The van der Waals surface area contributed by atoms with Crippen LogP contribution in [-0.4, -0.2) is 9.78 Å². The van der Waals surface area contributed by atoms with E-state index < -0.39 is 0 Å². The highest BCUT2D eigenvalue weighted by Gasteiger charge is 2.00. The Kier molecular flexibility index (Phi) is 2.10. The van der Waals surface area contributed by atoms with Gasteiger partial charge in [0.1, 0.15) is 5.82 Å². The molecule has 0 amide bonds. The largest absolute Gasteiger partial charge is 0.457 e. The fourth-order valence-corrected chi connectivity index (χ4v) is 1.47. The number of nitrogens with zero attached hydrogens (tertiary/aromatic N) is 2. The van der Waals surface area contributed by atoms with Crippen LogP contribution >= 0.6 is 15.9 Å². The Morgan fingerprint density at radius 1 is 1.62 bits per heavy atom. The van der Waals surface area contributed by atoms with Gasteiger partial charge in [-0.1, -0.05) is 0 Å². The van der Waals surface area contributed by atoms with Gasteiger partial charge in [0.2, 0.25) is 0 Å². The Balaban J connectivity index is 2.14. The van der Waals surface area contributed by atoms with E-state index in [1.807, 2.05) is 12.3 Å². The van der Waals surface area contributed by atoms with Gasteiger partial charge in [0.25, 0.3) is 0 Å². The summed E-state index contributed by atoms with van der Waals surface area (Å²) in [5.74, 6) is 0.530. The maximum absolute atomic E-state index is 5.47. The van der Waals surface area contributed by atoms with Crippen molar-refractivity contribution in [3.8, 4) is 0 Å². The molecule has 0 aliphatic rings. The third-order valence-electron chi connectivity index (χ3n) is 1.63. The third-order valence-corrected chi connectivity index (χ3v) is 2.04. The van der Waals surface area contributed by atoms with Crippen LogP contribution in [0.1, 0.15) is 5.56 Å². The molecule has 0 fully saturated rings. The SMILES string of the molecule is Nc1ccn(Cc2coc(Br)c2)n1. The normalized spacial score (nSPS) is 10.5. The summed E-state index contributed by atoms with van der Waals surface area (Å²) in [5, 5.41) is 4.05. The monoisotopic (exact) mass is 241 g/mol. The fraction of sp³-hybridized carbons (Fsp3) is 0.125. The molecule has 0 saturated heterocycles. The van der Waals surface area contributed by atoms with Gasteiger partial charge in [0.05, 0.1) is 12.8 Å². The smallest absolute Gasteiger partial charge is 0.169 e. The summed E-state index contributed by atoms with van der Waals surface area (Å²) in [6.07, 6.45) is 3.51. The van der Waals surface area contributed by atoms with Crippen LogP contribution in [0, 0.1) is 0 Å². The predicted molar refractivity (Wildman–Crippen MR) is 52.1 cm³/mol. The van der Waals surface area contributed by atoms with Gasteiger partial charge in [-0.25, -0.2) is 0 Å². The highest BCUT2D eigenvalue weighted by atomic mass is 79.9. The lowest BCUT2D eigenvalue weighted by molar-refractivity contribution is 0.536. The maximum atomic E-state index is 5.47. The fourth-order valence-electron chi connectivity index (χ4n) is 1.08. The molecule has 0 radical (unpaired) electrons.